The molecule has 0 amide bonds. The van der Waals surface area contributed by atoms with E-state index >= 15 is 0 Å². The van der Waals surface area contributed by atoms with Gasteiger partial charge in [-0.3, -0.25) is 0 Å². The first kappa shape index (κ1) is 15.2. The number of rotatable bonds is 6. The van der Waals surface area contributed by atoms with Crippen LogP contribution < -0.4 is 5.73 Å². The molecule has 2 fully saturated rings. The molecule has 0 bridgehead atoms. The van der Waals surface area contributed by atoms with E-state index in [4.69, 9.17) is 15.2 Å². The molecule has 0 aromatic rings. The van der Waals surface area contributed by atoms with Gasteiger partial charge in [0.2, 0.25) is 0 Å². The summed E-state index contributed by atoms with van der Waals surface area (Å²) in [5, 5.41) is 0. The Bertz CT molecular complexity index is 242. The molecule has 2 N–H and O–H groups in total. The average Bonchev–Trinajstić information content (AvgIpc) is 2.48. The molecule has 2 unspecified atom stereocenters. The molecular weight excluding hydrogens is 240 g/mol. The second-order valence-corrected chi connectivity index (χ2v) is 5.83. The van der Waals surface area contributed by atoms with Crippen molar-refractivity contribution in [1.29, 1.82) is 0 Å². The zero-order chi connectivity index (χ0) is 13.5. The summed E-state index contributed by atoms with van der Waals surface area (Å²) in [5.41, 5.74) is 5.49. The highest BCUT2D eigenvalue weighted by molar-refractivity contribution is 4.83. The van der Waals surface area contributed by atoms with E-state index in [0.717, 1.165) is 38.6 Å². The van der Waals surface area contributed by atoms with Crippen LogP contribution in [0.4, 0.5) is 0 Å². The van der Waals surface area contributed by atoms with Crippen LogP contribution in [0.1, 0.15) is 45.4 Å². The number of nitrogens with zero attached hydrogens (tertiary/aromatic N) is 1. The van der Waals surface area contributed by atoms with Gasteiger partial charge in [0.1, 0.15) is 0 Å². The van der Waals surface area contributed by atoms with E-state index in [-0.39, 0.29) is 0 Å². The first-order chi connectivity index (χ1) is 9.33. The van der Waals surface area contributed by atoms with Crippen LogP contribution in [0.3, 0.4) is 0 Å². The quantitative estimate of drug-likeness (QED) is 0.747. The monoisotopic (exact) mass is 270 g/mol. The fraction of sp³-hybridized carbons (Fsp3) is 1.00. The molecule has 2 aliphatic rings. The van der Waals surface area contributed by atoms with Crippen molar-refractivity contribution in [3.05, 3.63) is 0 Å². The van der Waals surface area contributed by atoms with Crippen LogP contribution in [0.25, 0.3) is 0 Å². The van der Waals surface area contributed by atoms with Gasteiger partial charge in [0.25, 0.3) is 0 Å². The summed E-state index contributed by atoms with van der Waals surface area (Å²) < 4.78 is 11.6. The van der Waals surface area contributed by atoms with Gasteiger partial charge in [-0.2, -0.15) is 0 Å². The molecule has 4 heteroatoms. The Morgan fingerprint density at radius 3 is 2.74 bits per heavy atom. The first-order valence-corrected chi connectivity index (χ1v) is 8.00. The molecule has 4 nitrogen and oxygen atoms in total. The van der Waals surface area contributed by atoms with Crippen LogP contribution in [-0.4, -0.2) is 56.0 Å². The zero-order valence-corrected chi connectivity index (χ0v) is 12.4. The van der Waals surface area contributed by atoms with E-state index < -0.39 is 0 Å². The van der Waals surface area contributed by atoms with E-state index in [1.165, 1.54) is 38.8 Å². The molecular formula is C15H30N2O2. The fourth-order valence-corrected chi connectivity index (χ4v) is 3.22. The molecule has 2 heterocycles. The second-order valence-electron chi connectivity index (χ2n) is 5.83. The summed E-state index contributed by atoms with van der Waals surface area (Å²) in [7, 11) is 0. The van der Waals surface area contributed by atoms with E-state index in [0.29, 0.717) is 12.2 Å². The van der Waals surface area contributed by atoms with Gasteiger partial charge < -0.3 is 20.1 Å². The van der Waals surface area contributed by atoms with Crippen molar-refractivity contribution in [1.82, 2.24) is 4.90 Å². The van der Waals surface area contributed by atoms with Crippen LogP contribution >= 0.6 is 0 Å². The van der Waals surface area contributed by atoms with Gasteiger partial charge >= 0.3 is 0 Å². The standard InChI is InChI=1S/C15H30N2O2/c1-2-14-12-13(6-11-19-14)17-8-4-15(5-9-17)18-10-3-7-16/h13-15H,2-12,16H2,1H3. The second kappa shape index (κ2) is 8.20. The topological polar surface area (TPSA) is 47.7 Å². The van der Waals surface area contributed by atoms with Gasteiger partial charge in [0.15, 0.2) is 0 Å². The minimum absolute atomic E-state index is 0.463. The number of ether oxygens (including phenoxy) is 2. The molecule has 0 aromatic heterocycles. The van der Waals surface area contributed by atoms with Crippen molar-refractivity contribution < 1.29 is 9.47 Å². The molecule has 2 aliphatic heterocycles. The Balaban J connectivity index is 1.67. The Hall–Kier alpha value is -0.160. The van der Waals surface area contributed by atoms with Gasteiger partial charge in [0, 0.05) is 32.3 Å². The van der Waals surface area contributed by atoms with Gasteiger partial charge in [-0.05, 0) is 45.1 Å². The number of piperidine rings is 1. The number of hydrogen-bond donors (Lipinski definition) is 1. The summed E-state index contributed by atoms with van der Waals surface area (Å²) in [6, 6.07) is 0.740. The third kappa shape index (κ3) is 4.71. The van der Waals surface area contributed by atoms with Crippen LogP contribution in [0.15, 0.2) is 0 Å². The lowest BCUT2D eigenvalue weighted by molar-refractivity contribution is -0.0501. The Labute approximate surface area is 117 Å². The number of likely N-dealkylation sites (tertiary alicyclic amines) is 1. The Morgan fingerprint density at radius 2 is 2.05 bits per heavy atom. The summed E-state index contributed by atoms with van der Waals surface area (Å²) >= 11 is 0. The molecule has 0 spiro atoms. The van der Waals surface area contributed by atoms with Crippen molar-refractivity contribution in [2.24, 2.45) is 5.73 Å². The maximum Gasteiger partial charge on any atom is 0.0599 e. The third-order valence-corrected chi connectivity index (χ3v) is 4.49. The lowest BCUT2D eigenvalue weighted by atomic mass is 9.97. The van der Waals surface area contributed by atoms with Crippen LogP contribution in [0, 0.1) is 0 Å². The van der Waals surface area contributed by atoms with E-state index in [1.54, 1.807) is 0 Å². The maximum atomic E-state index is 5.87. The molecule has 2 saturated heterocycles. The molecule has 2 atom stereocenters. The van der Waals surface area contributed by atoms with Crippen molar-refractivity contribution in [3.8, 4) is 0 Å². The molecule has 2 rings (SSSR count). The van der Waals surface area contributed by atoms with E-state index in [1.807, 2.05) is 0 Å². The molecule has 0 saturated carbocycles. The van der Waals surface area contributed by atoms with Crippen molar-refractivity contribution in [3.63, 3.8) is 0 Å². The SMILES string of the molecule is CCC1CC(N2CCC(OCCCN)CC2)CCO1. The van der Waals surface area contributed by atoms with Crippen molar-refractivity contribution >= 4 is 0 Å². The zero-order valence-electron chi connectivity index (χ0n) is 12.4. The summed E-state index contributed by atoms with van der Waals surface area (Å²) in [6.45, 7) is 7.11. The van der Waals surface area contributed by atoms with Crippen molar-refractivity contribution in [2.45, 2.75) is 63.7 Å². The van der Waals surface area contributed by atoms with Gasteiger partial charge in [-0.25, -0.2) is 0 Å². The van der Waals surface area contributed by atoms with Gasteiger partial charge in [-0.1, -0.05) is 6.92 Å². The van der Waals surface area contributed by atoms with Crippen LogP contribution in [-0.2, 0) is 9.47 Å². The van der Waals surface area contributed by atoms with Crippen molar-refractivity contribution in [2.75, 3.05) is 32.8 Å². The summed E-state index contributed by atoms with van der Waals surface area (Å²) in [6.07, 6.45) is 7.86. The molecule has 112 valence electrons. The predicted molar refractivity (Wildman–Crippen MR) is 77.3 cm³/mol. The molecule has 0 aliphatic carbocycles. The number of nitrogens with two attached hydrogens (primary N) is 1. The average molecular weight is 270 g/mol. The molecule has 19 heavy (non-hydrogen) atoms. The first-order valence-electron chi connectivity index (χ1n) is 8.00. The minimum Gasteiger partial charge on any atom is -0.378 e. The summed E-state index contributed by atoms with van der Waals surface area (Å²) in [4.78, 5) is 2.66. The normalized spacial score (nSPS) is 30.6. The lowest BCUT2D eigenvalue weighted by Gasteiger charge is -2.41. The molecule has 0 radical (unpaired) electrons. The van der Waals surface area contributed by atoms with Crippen LogP contribution in [0.5, 0.6) is 0 Å². The highest BCUT2D eigenvalue weighted by Crippen LogP contribution is 2.25. The summed E-state index contributed by atoms with van der Waals surface area (Å²) in [5.74, 6) is 0. The largest absolute Gasteiger partial charge is 0.378 e. The fourth-order valence-electron chi connectivity index (χ4n) is 3.22. The third-order valence-electron chi connectivity index (χ3n) is 4.49. The highest BCUT2D eigenvalue weighted by atomic mass is 16.5. The Kier molecular flexibility index (Phi) is 6.57. The lowest BCUT2D eigenvalue weighted by Crippen LogP contribution is -2.47. The maximum absolute atomic E-state index is 5.87. The minimum atomic E-state index is 0.463. The Morgan fingerprint density at radius 1 is 1.26 bits per heavy atom. The van der Waals surface area contributed by atoms with Gasteiger partial charge in [0.05, 0.1) is 12.2 Å². The predicted octanol–water partition coefficient (Wildman–Crippen LogP) is 1.77. The van der Waals surface area contributed by atoms with E-state index in [9.17, 15) is 0 Å². The van der Waals surface area contributed by atoms with E-state index in [2.05, 4.69) is 11.8 Å². The van der Waals surface area contributed by atoms with Crippen LogP contribution in [0.2, 0.25) is 0 Å². The highest BCUT2D eigenvalue weighted by Gasteiger charge is 2.29. The molecule has 0 aromatic carbocycles. The van der Waals surface area contributed by atoms with Gasteiger partial charge in [-0.15, -0.1) is 0 Å². The smallest absolute Gasteiger partial charge is 0.0599 e. The number of hydrogen-bond acceptors (Lipinski definition) is 4.